The fourth-order valence-electron chi connectivity index (χ4n) is 2.82. The molecule has 3 rings (SSSR count). The van der Waals surface area contributed by atoms with Crippen LogP contribution in [0.2, 0.25) is 0 Å². The average molecular weight is 365 g/mol. The molecule has 1 atom stereocenters. The van der Waals surface area contributed by atoms with Gasteiger partial charge in [0, 0.05) is 18.3 Å². The first-order valence-electron chi connectivity index (χ1n) is 8.15. The first kappa shape index (κ1) is 18.0. The Kier molecular flexibility index (Phi) is 5.01. The van der Waals surface area contributed by atoms with Gasteiger partial charge in [-0.25, -0.2) is 4.98 Å². The fourth-order valence-corrected chi connectivity index (χ4v) is 2.82. The molecule has 1 aliphatic heterocycles. The third-order valence-corrected chi connectivity index (χ3v) is 4.03. The lowest BCUT2D eigenvalue weighted by molar-refractivity contribution is -0.154. The van der Waals surface area contributed by atoms with Crippen molar-refractivity contribution in [1.29, 1.82) is 0 Å². The summed E-state index contributed by atoms with van der Waals surface area (Å²) >= 11 is 0. The van der Waals surface area contributed by atoms with Crippen molar-refractivity contribution in [3.8, 4) is 5.88 Å². The van der Waals surface area contributed by atoms with Crippen LogP contribution in [-0.2, 0) is 11.2 Å². The molecule has 0 spiro atoms. The third kappa shape index (κ3) is 4.25. The highest BCUT2D eigenvalue weighted by molar-refractivity contribution is 6.00. The summed E-state index contributed by atoms with van der Waals surface area (Å²) in [7, 11) is 0. The van der Waals surface area contributed by atoms with E-state index in [1.54, 1.807) is 11.8 Å². The highest BCUT2D eigenvalue weighted by Crippen LogP contribution is 2.28. The number of pyridine rings is 1. The number of carbonyl (C=O) groups excluding carboxylic acids is 1. The van der Waals surface area contributed by atoms with Gasteiger partial charge < -0.3 is 15.0 Å². The number of alkyl halides is 3. The molecular formula is C18H18F3N3O2. The van der Waals surface area contributed by atoms with Gasteiger partial charge in [0.2, 0.25) is 11.8 Å². The summed E-state index contributed by atoms with van der Waals surface area (Å²) in [4.78, 5) is 18.2. The number of nitrogens with zero attached hydrogens (tertiary/aromatic N) is 2. The Morgan fingerprint density at radius 2 is 2.08 bits per heavy atom. The number of fused-ring (bicyclic) bond motifs is 1. The highest BCUT2D eigenvalue weighted by atomic mass is 19.4. The van der Waals surface area contributed by atoms with E-state index in [2.05, 4.69) is 15.0 Å². The summed E-state index contributed by atoms with van der Waals surface area (Å²) in [6, 6.07) is 10.1. The lowest BCUT2D eigenvalue weighted by Crippen LogP contribution is -2.40. The monoisotopic (exact) mass is 365 g/mol. The molecule has 1 unspecified atom stereocenters. The van der Waals surface area contributed by atoms with Crippen molar-refractivity contribution in [2.75, 3.05) is 23.4 Å². The lowest BCUT2D eigenvalue weighted by Gasteiger charge is -2.23. The Balaban J connectivity index is 1.59. The van der Waals surface area contributed by atoms with Gasteiger partial charge in [-0.05, 0) is 31.0 Å². The summed E-state index contributed by atoms with van der Waals surface area (Å²) in [6.45, 7) is 0.972. The largest absolute Gasteiger partial charge is 0.468 e. The summed E-state index contributed by atoms with van der Waals surface area (Å²) in [6.07, 6.45) is -2.25. The van der Waals surface area contributed by atoms with E-state index in [0.717, 1.165) is 17.7 Å². The van der Waals surface area contributed by atoms with Crippen LogP contribution in [0.15, 0.2) is 42.6 Å². The van der Waals surface area contributed by atoms with Crippen LogP contribution in [0.25, 0.3) is 0 Å². The standard InChI is InChI=1S/C18H18F3N3O2/c1-12(17(25)24-9-8-13-4-2-3-5-15(13)24)23-14-6-7-16(22-10-14)26-11-18(19,20)21/h2-7,10,12,23H,8-9,11H2,1H3. The van der Waals surface area contributed by atoms with Gasteiger partial charge in [0.15, 0.2) is 6.61 Å². The molecule has 0 bridgehead atoms. The van der Waals surface area contributed by atoms with Gasteiger partial charge in [0.25, 0.3) is 0 Å². The number of amides is 1. The number of halogens is 3. The Bertz CT molecular complexity index is 778. The number of aromatic nitrogens is 1. The van der Waals surface area contributed by atoms with E-state index in [4.69, 9.17) is 0 Å². The fraction of sp³-hybridized carbons (Fsp3) is 0.333. The smallest absolute Gasteiger partial charge is 0.422 e. The predicted molar refractivity (Wildman–Crippen MR) is 91.4 cm³/mol. The van der Waals surface area contributed by atoms with Crippen molar-refractivity contribution in [2.24, 2.45) is 0 Å². The molecule has 138 valence electrons. The maximum absolute atomic E-state index is 12.7. The molecule has 0 saturated heterocycles. The van der Waals surface area contributed by atoms with Crippen LogP contribution in [0.3, 0.4) is 0 Å². The predicted octanol–water partition coefficient (Wildman–Crippen LogP) is 3.41. The van der Waals surface area contributed by atoms with Gasteiger partial charge in [0.05, 0.1) is 11.9 Å². The van der Waals surface area contributed by atoms with Crippen molar-refractivity contribution in [3.63, 3.8) is 0 Å². The summed E-state index contributed by atoms with van der Waals surface area (Å²) in [5.74, 6) is -0.201. The Morgan fingerprint density at radius 1 is 1.31 bits per heavy atom. The van der Waals surface area contributed by atoms with Crippen LogP contribution in [0.1, 0.15) is 12.5 Å². The molecule has 1 N–H and O–H groups in total. The van der Waals surface area contributed by atoms with E-state index in [9.17, 15) is 18.0 Å². The van der Waals surface area contributed by atoms with Crippen molar-refractivity contribution in [2.45, 2.75) is 25.6 Å². The molecule has 1 aromatic carbocycles. The van der Waals surface area contributed by atoms with Crippen LogP contribution in [0.4, 0.5) is 24.5 Å². The quantitative estimate of drug-likeness (QED) is 0.882. The highest BCUT2D eigenvalue weighted by Gasteiger charge is 2.29. The summed E-state index contributed by atoms with van der Waals surface area (Å²) in [5.41, 5.74) is 2.58. The molecule has 0 fully saturated rings. The minimum absolute atomic E-state index is 0.0765. The van der Waals surface area contributed by atoms with Gasteiger partial charge in [0.1, 0.15) is 6.04 Å². The number of ether oxygens (including phenoxy) is 1. The molecule has 1 amide bonds. The molecule has 2 heterocycles. The zero-order chi connectivity index (χ0) is 18.7. The van der Waals surface area contributed by atoms with E-state index < -0.39 is 18.8 Å². The van der Waals surface area contributed by atoms with Crippen LogP contribution < -0.4 is 15.0 Å². The Hall–Kier alpha value is -2.77. The number of carbonyl (C=O) groups is 1. The lowest BCUT2D eigenvalue weighted by atomic mass is 10.2. The van der Waals surface area contributed by atoms with Gasteiger partial charge in [-0.2, -0.15) is 13.2 Å². The van der Waals surface area contributed by atoms with Gasteiger partial charge in [-0.3, -0.25) is 4.79 Å². The number of para-hydroxylation sites is 1. The van der Waals surface area contributed by atoms with E-state index >= 15 is 0 Å². The molecule has 2 aromatic rings. The minimum atomic E-state index is -4.41. The van der Waals surface area contributed by atoms with E-state index in [1.807, 2.05) is 24.3 Å². The molecule has 0 radical (unpaired) electrons. The normalized spacial score (nSPS) is 14.7. The molecule has 26 heavy (non-hydrogen) atoms. The zero-order valence-corrected chi connectivity index (χ0v) is 14.1. The van der Waals surface area contributed by atoms with Gasteiger partial charge in [-0.15, -0.1) is 0 Å². The molecule has 0 saturated carbocycles. The number of rotatable bonds is 5. The number of anilines is 2. The molecule has 0 aliphatic carbocycles. The van der Waals surface area contributed by atoms with Crippen molar-refractivity contribution in [3.05, 3.63) is 48.2 Å². The Morgan fingerprint density at radius 3 is 2.77 bits per heavy atom. The summed E-state index contributed by atoms with van der Waals surface area (Å²) in [5, 5.41) is 3.02. The van der Waals surface area contributed by atoms with Crippen molar-refractivity contribution in [1.82, 2.24) is 4.98 Å². The maximum Gasteiger partial charge on any atom is 0.422 e. The van der Waals surface area contributed by atoms with Gasteiger partial charge >= 0.3 is 6.18 Å². The first-order chi connectivity index (χ1) is 12.3. The number of nitrogens with one attached hydrogen (secondary N) is 1. The molecule has 8 heteroatoms. The van der Waals surface area contributed by atoms with Crippen molar-refractivity contribution < 1.29 is 22.7 Å². The maximum atomic E-state index is 12.7. The SMILES string of the molecule is CC(Nc1ccc(OCC(F)(F)F)nc1)C(=O)N1CCc2ccccc21. The second kappa shape index (κ2) is 7.23. The first-order valence-corrected chi connectivity index (χ1v) is 8.15. The second-order valence-corrected chi connectivity index (χ2v) is 6.02. The van der Waals surface area contributed by atoms with Crippen molar-refractivity contribution >= 4 is 17.3 Å². The second-order valence-electron chi connectivity index (χ2n) is 6.02. The average Bonchev–Trinajstić information content (AvgIpc) is 3.04. The van der Waals surface area contributed by atoms with E-state index in [-0.39, 0.29) is 11.8 Å². The molecule has 5 nitrogen and oxygen atoms in total. The number of hydrogen-bond donors (Lipinski definition) is 1. The molecular weight excluding hydrogens is 347 g/mol. The van der Waals surface area contributed by atoms with Crippen LogP contribution >= 0.6 is 0 Å². The molecule has 1 aliphatic rings. The zero-order valence-electron chi connectivity index (χ0n) is 14.1. The number of benzene rings is 1. The van der Waals surface area contributed by atoms with E-state index in [0.29, 0.717) is 12.2 Å². The number of hydrogen-bond acceptors (Lipinski definition) is 4. The third-order valence-electron chi connectivity index (χ3n) is 4.03. The van der Waals surface area contributed by atoms with Gasteiger partial charge in [-0.1, -0.05) is 18.2 Å². The topological polar surface area (TPSA) is 54.5 Å². The van der Waals surface area contributed by atoms with Crippen LogP contribution in [0.5, 0.6) is 5.88 Å². The summed E-state index contributed by atoms with van der Waals surface area (Å²) < 4.78 is 40.9. The van der Waals surface area contributed by atoms with E-state index in [1.165, 1.54) is 18.3 Å². The molecule has 1 aromatic heterocycles. The van der Waals surface area contributed by atoms with Crippen LogP contribution in [0, 0.1) is 0 Å². The minimum Gasteiger partial charge on any atom is -0.468 e. The van der Waals surface area contributed by atoms with Crippen LogP contribution in [-0.4, -0.2) is 36.3 Å². The Labute approximate surface area is 148 Å².